The van der Waals surface area contributed by atoms with Crippen molar-refractivity contribution in [1.82, 2.24) is 14.9 Å². The van der Waals surface area contributed by atoms with Gasteiger partial charge in [0.1, 0.15) is 17.0 Å². The van der Waals surface area contributed by atoms with E-state index in [9.17, 15) is 4.79 Å². The summed E-state index contributed by atoms with van der Waals surface area (Å²) in [5.74, 6) is 1.12. The number of anilines is 2. The van der Waals surface area contributed by atoms with Crippen LogP contribution in [0.3, 0.4) is 0 Å². The average Bonchev–Trinajstić information content (AvgIpc) is 3.32. The Kier molecular flexibility index (Phi) is 5.41. The van der Waals surface area contributed by atoms with Crippen LogP contribution in [0, 0.1) is 11.4 Å². The smallest absolute Gasteiger partial charge is 0.226 e. The van der Waals surface area contributed by atoms with Crippen LogP contribution in [0.4, 0.5) is 17.2 Å². The van der Waals surface area contributed by atoms with Crippen molar-refractivity contribution < 1.29 is 4.79 Å². The molecule has 2 aliphatic rings. The number of thiophene rings is 1. The molecule has 3 aromatic rings. The second-order valence-corrected chi connectivity index (χ2v) is 10.8. The van der Waals surface area contributed by atoms with Gasteiger partial charge in [-0.15, -0.1) is 24.0 Å². The number of carbonyl (C=O) groups excluding carboxylic acids is 1. The monoisotopic (exact) mass is 466 g/mol. The van der Waals surface area contributed by atoms with E-state index in [0.717, 1.165) is 60.4 Å². The summed E-state index contributed by atoms with van der Waals surface area (Å²) in [6, 6.07) is 5.47. The molecule has 1 aliphatic carbocycles. The molecule has 1 saturated heterocycles. The molecule has 3 heterocycles. The molecule has 1 atom stereocenters. The summed E-state index contributed by atoms with van der Waals surface area (Å²) in [6.45, 7) is 5.24. The van der Waals surface area contributed by atoms with E-state index >= 15 is 0 Å². The first-order valence-electron chi connectivity index (χ1n) is 10.9. The molecule has 1 unspecified atom stereocenters. The molecule has 2 N–H and O–H groups in total. The number of hydrogen-bond acceptors (Lipinski definition) is 8. The van der Waals surface area contributed by atoms with Crippen LogP contribution in [-0.4, -0.2) is 32.9 Å². The van der Waals surface area contributed by atoms with Gasteiger partial charge in [-0.3, -0.25) is 4.79 Å². The van der Waals surface area contributed by atoms with Gasteiger partial charge in [0.05, 0.1) is 11.1 Å². The van der Waals surface area contributed by atoms with Crippen molar-refractivity contribution in [3.63, 3.8) is 0 Å². The molecule has 1 fully saturated rings. The van der Waals surface area contributed by atoms with Gasteiger partial charge in [0, 0.05) is 33.5 Å². The number of rotatable bonds is 4. The maximum atomic E-state index is 13.3. The Bertz CT molecular complexity index is 1220. The first-order valence-corrected chi connectivity index (χ1v) is 12.2. The highest BCUT2D eigenvalue weighted by Gasteiger charge is 2.39. The predicted octanol–water partition coefficient (Wildman–Crippen LogP) is 5.89. The first-order chi connectivity index (χ1) is 15.4. The Morgan fingerprint density at radius 2 is 2.22 bits per heavy atom. The Balaban J connectivity index is 1.43. The minimum Gasteiger partial charge on any atom is -0.340 e. The minimum absolute atomic E-state index is 0.0330. The van der Waals surface area contributed by atoms with Crippen molar-refractivity contribution >= 4 is 57.3 Å². The molecule has 5 rings (SSSR count). The van der Waals surface area contributed by atoms with E-state index in [4.69, 9.17) is 5.53 Å². The van der Waals surface area contributed by atoms with Crippen LogP contribution in [0.2, 0.25) is 0 Å². The molecule has 1 aliphatic heterocycles. The van der Waals surface area contributed by atoms with Gasteiger partial charge < -0.3 is 10.2 Å². The summed E-state index contributed by atoms with van der Waals surface area (Å²) in [6.07, 6.45) is 6.25. The molecule has 1 aromatic carbocycles. The molecular weight excluding hydrogens is 440 g/mol. The van der Waals surface area contributed by atoms with E-state index in [0.29, 0.717) is 16.5 Å². The topological polar surface area (TPSA) is 94.3 Å². The van der Waals surface area contributed by atoms with Crippen LogP contribution in [0.15, 0.2) is 34.5 Å². The van der Waals surface area contributed by atoms with Crippen molar-refractivity contribution in [3.05, 3.63) is 35.0 Å². The van der Waals surface area contributed by atoms with Gasteiger partial charge in [-0.25, -0.2) is 15.5 Å². The van der Waals surface area contributed by atoms with Gasteiger partial charge >= 0.3 is 0 Å². The lowest BCUT2D eigenvalue weighted by Gasteiger charge is -2.35. The Hall–Kier alpha value is -2.52. The number of nitrogens with zero attached hydrogens (tertiary/aromatic N) is 4. The fraction of sp³-hybridized carbons (Fsp3) is 0.435. The van der Waals surface area contributed by atoms with E-state index in [1.54, 1.807) is 23.7 Å². The van der Waals surface area contributed by atoms with Gasteiger partial charge in [-0.05, 0) is 69.7 Å². The predicted molar refractivity (Wildman–Crippen MR) is 130 cm³/mol. The second-order valence-electron chi connectivity index (χ2n) is 9.19. The molecule has 0 radical (unpaired) electrons. The lowest BCUT2D eigenvalue weighted by Crippen LogP contribution is -2.46. The number of nitrogens with one attached hydrogen (secondary N) is 2. The molecule has 32 heavy (non-hydrogen) atoms. The molecule has 9 heteroatoms. The third-order valence-electron chi connectivity index (χ3n) is 6.72. The molecule has 0 spiro atoms. The third kappa shape index (κ3) is 3.67. The van der Waals surface area contributed by atoms with Crippen LogP contribution < -0.4 is 5.32 Å². The molecule has 166 valence electrons. The summed E-state index contributed by atoms with van der Waals surface area (Å²) in [7, 11) is 0. The van der Waals surface area contributed by atoms with Crippen LogP contribution >= 0.6 is 24.0 Å². The standard InChI is InChI=1S/C23H26N6OS2/c1-23(2)8-3-9-29(23)22(30)13-4-6-15-18(10-13)32-21-19(15)20(25-12-26-21)27-14-5-7-16(28-24)17(31)11-14/h5,7,11-13,24,31H,3-4,6,8-10H2,1-2H3,(H,25,26,27). The SMILES string of the molecule is CC1(C)CCCN1C(=O)C1CCc2c(sc3ncnc(Nc4ccc(N=N)c(S)c4)c23)C1. The Morgan fingerprint density at radius 1 is 1.38 bits per heavy atom. The lowest BCUT2D eigenvalue weighted by molar-refractivity contribution is -0.139. The van der Waals surface area contributed by atoms with Crippen molar-refractivity contribution in [1.29, 1.82) is 5.53 Å². The fourth-order valence-electron chi connectivity index (χ4n) is 4.98. The van der Waals surface area contributed by atoms with E-state index in [1.165, 1.54) is 10.4 Å². The molecule has 1 amide bonds. The van der Waals surface area contributed by atoms with Crippen LogP contribution in [-0.2, 0) is 17.6 Å². The second kappa shape index (κ2) is 8.12. The highest BCUT2D eigenvalue weighted by atomic mass is 32.1. The maximum Gasteiger partial charge on any atom is 0.226 e. The minimum atomic E-state index is -0.0330. The van der Waals surface area contributed by atoms with Crippen molar-refractivity contribution in [2.24, 2.45) is 11.0 Å². The highest BCUT2D eigenvalue weighted by Crippen LogP contribution is 2.42. The summed E-state index contributed by atoms with van der Waals surface area (Å²) >= 11 is 6.09. The molecule has 2 aromatic heterocycles. The number of carbonyl (C=O) groups is 1. The first kappa shape index (κ1) is 21.3. The molecule has 0 saturated carbocycles. The normalized spacial score (nSPS) is 19.7. The summed E-state index contributed by atoms with van der Waals surface area (Å²) in [4.78, 5) is 27.3. The molecular formula is C23H26N6OS2. The van der Waals surface area contributed by atoms with E-state index in [-0.39, 0.29) is 11.5 Å². The third-order valence-corrected chi connectivity index (χ3v) is 8.24. The van der Waals surface area contributed by atoms with E-state index < -0.39 is 0 Å². The number of benzene rings is 1. The number of aromatic nitrogens is 2. The average molecular weight is 467 g/mol. The fourth-order valence-corrected chi connectivity index (χ4v) is 6.52. The van der Waals surface area contributed by atoms with Crippen LogP contribution in [0.5, 0.6) is 0 Å². The zero-order valence-electron chi connectivity index (χ0n) is 18.2. The van der Waals surface area contributed by atoms with Gasteiger partial charge in [0.2, 0.25) is 5.91 Å². The number of likely N-dealkylation sites (tertiary alicyclic amines) is 1. The van der Waals surface area contributed by atoms with Gasteiger partial charge in [0.15, 0.2) is 0 Å². The van der Waals surface area contributed by atoms with Crippen molar-refractivity contribution in [2.45, 2.75) is 56.4 Å². The zero-order valence-corrected chi connectivity index (χ0v) is 19.9. The van der Waals surface area contributed by atoms with Crippen molar-refractivity contribution in [2.75, 3.05) is 11.9 Å². The summed E-state index contributed by atoms with van der Waals surface area (Å²) in [5.41, 5.74) is 9.79. The Labute approximate surface area is 196 Å². The van der Waals surface area contributed by atoms with E-state index in [2.05, 4.69) is 51.8 Å². The number of amides is 1. The quantitative estimate of drug-likeness (QED) is 0.330. The lowest BCUT2D eigenvalue weighted by atomic mass is 9.86. The zero-order chi connectivity index (χ0) is 22.5. The van der Waals surface area contributed by atoms with Gasteiger partial charge in [-0.2, -0.15) is 5.11 Å². The number of hydrogen-bond donors (Lipinski definition) is 3. The van der Waals surface area contributed by atoms with Gasteiger partial charge in [-0.1, -0.05) is 0 Å². The van der Waals surface area contributed by atoms with Crippen molar-refractivity contribution in [3.8, 4) is 0 Å². The largest absolute Gasteiger partial charge is 0.340 e. The van der Waals surface area contributed by atoms with Gasteiger partial charge in [0.25, 0.3) is 0 Å². The highest BCUT2D eigenvalue weighted by molar-refractivity contribution is 7.80. The van der Waals surface area contributed by atoms with Crippen LogP contribution in [0.1, 0.15) is 43.6 Å². The number of fused-ring (bicyclic) bond motifs is 3. The number of aryl methyl sites for hydroxylation is 1. The summed E-state index contributed by atoms with van der Waals surface area (Å²) < 4.78 is 0. The van der Waals surface area contributed by atoms with Crippen LogP contribution in [0.25, 0.3) is 10.2 Å². The summed E-state index contributed by atoms with van der Waals surface area (Å²) in [5, 5.41) is 7.91. The molecule has 7 nitrogen and oxygen atoms in total. The maximum absolute atomic E-state index is 13.3. The number of thiol groups is 1. The Morgan fingerprint density at radius 3 is 2.94 bits per heavy atom. The molecule has 0 bridgehead atoms. The van der Waals surface area contributed by atoms with E-state index in [1.807, 2.05) is 12.1 Å².